The quantitative estimate of drug-likeness (QED) is 0.167. The maximum Gasteiger partial charge on any atom is 0.0972 e. The summed E-state index contributed by atoms with van der Waals surface area (Å²) in [5.41, 5.74) is 11.4. The van der Waals surface area contributed by atoms with Gasteiger partial charge in [0.15, 0.2) is 0 Å². The number of hydrogen-bond donors (Lipinski definition) is 0. The van der Waals surface area contributed by atoms with Crippen LogP contribution >= 0.6 is 11.3 Å². The predicted octanol–water partition coefficient (Wildman–Crippen LogP) is 15.8. The van der Waals surface area contributed by atoms with E-state index in [0.29, 0.717) is 0 Å². The van der Waals surface area contributed by atoms with Crippen LogP contribution in [0.1, 0.15) is 0 Å². The van der Waals surface area contributed by atoms with Crippen LogP contribution in [0, 0.1) is 0 Å². The number of benzene rings is 9. The Bertz CT molecular complexity index is 3940. The van der Waals surface area contributed by atoms with Crippen molar-refractivity contribution in [1.82, 2.24) is 15.0 Å². The van der Waals surface area contributed by atoms with Gasteiger partial charge in [-0.2, -0.15) is 0 Å². The van der Waals surface area contributed by atoms with Crippen molar-refractivity contribution in [3.8, 4) is 44.9 Å². The van der Waals surface area contributed by atoms with Crippen molar-refractivity contribution in [3.63, 3.8) is 0 Å². The van der Waals surface area contributed by atoms with Crippen molar-refractivity contribution in [1.29, 1.82) is 0 Å². The molecule has 0 aliphatic rings. The van der Waals surface area contributed by atoms with Crippen LogP contribution < -0.4 is 0 Å². The van der Waals surface area contributed by atoms with Gasteiger partial charge in [-0.25, -0.2) is 15.0 Å². The lowest BCUT2D eigenvalue weighted by molar-refractivity contribution is 1.37. The van der Waals surface area contributed by atoms with E-state index < -0.39 is 0 Å². The van der Waals surface area contributed by atoms with Crippen molar-refractivity contribution in [2.24, 2.45) is 0 Å². The molecule has 0 spiro atoms. The molecule has 9 aromatic carbocycles. The first-order chi connectivity index (χ1) is 30.2. The Morgan fingerprint density at radius 1 is 0.311 bits per heavy atom. The van der Waals surface area contributed by atoms with Crippen LogP contribution in [0.15, 0.2) is 200 Å². The van der Waals surface area contributed by atoms with E-state index in [1.165, 1.54) is 63.4 Å². The van der Waals surface area contributed by atoms with Gasteiger partial charge in [-0.1, -0.05) is 158 Å². The Morgan fingerprint density at radius 2 is 0.918 bits per heavy atom. The standard InChI is InChI=1S/C57H33N3S/c1-2-9-35(10-3-1)49-29-24-36-19-20-37-25-30-50(59-56(37)55(36)58-49)41-23-26-43-40(32-41)22-18-34-17-21-39(33-48(34)43)38-11-8-12-42(31-38)54-47-28-27-45-44-13-5-7-16-52(44)61-57(45)53(47)46-14-4-6-15-51(46)60-54/h1-33H. The maximum absolute atomic E-state index is 5.34. The van der Waals surface area contributed by atoms with Crippen LogP contribution in [0.5, 0.6) is 0 Å². The lowest BCUT2D eigenvalue weighted by Crippen LogP contribution is -1.91. The van der Waals surface area contributed by atoms with Crippen LogP contribution in [0.4, 0.5) is 0 Å². The summed E-state index contributed by atoms with van der Waals surface area (Å²) in [4.78, 5) is 15.7. The number of thiophene rings is 1. The number of fused-ring (bicyclic) bond motifs is 13. The first-order valence-electron chi connectivity index (χ1n) is 20.7. The molecule has 0 unspecified atom stereocenters. The highest BCUT2D eigenvalue weighted by molar-refractivity contribution is 7.26. The minimum atomic E-state index is 0.915. The van der Waals surface area contributed by atoms with Crippen LogP contribution in [0.25, 0.3) is 130 Å². The fourth-order valence-corrected chi connectivity index (χ4v) is 10.6. The van der Waals surface area contributed by atoms with Crippen LogP contribution in [0.2, 0.25) is 0 Å². The van der Waals surface area contributed by atoms with E-state index in [1.807, 2.05) is 17.4 Å². The molecule has 0 fully saturated rings. The number of nitrogens with zero attached hydrogens (tertiary/aromatic N) is 3. The number of aromatic nitrogens is 3. The molecule has 4 heterocycles. The molecule has 0 saturated carbocycles. The molecule has 3 nitrogen and oxygen atoms in total. The molecule has 0 aliphatic heterocycles. The third kappa shape index (κ3) is 5.46. The van der Waals surface area contributed by atoms with Crippen molar-refractivity contribution < 1.29 is 0 Å². The second-order valence-electron chi connectivity index (χ2n) is 15.9. The molecule has 282 valence electrons. The van der Waals surface area contributed by atoms with Gasteiger partial charge in [0.1, 0.15) is 0 Å². The summed E-state index contributed by atoms with van der Waals surface area (Å²) in [6, 6.07) is 72.0. The van der Waals surface area contributed by atoms with Gasteiger partial charge in [0, 0.05) is 63.8 Å². The summed E-state index contributed by atoms with van der Waals surface area (Å²) in [6.45, 7) is 0. The van der Waals surface area contributed by atoms with Crippen molar-refractivity contribution in [2.75, 3.05) is 0 Å². The van der Waals surface area contributed by atoms with Crippen LogP contribution in [-0.4, -0.2) is 15.0 Å². The average molecular weight is 792 g/mol. The molecule has 4 aromatic heterocycles. The summed E-state index contributed by atoms with van der Waals surface area (Å²) < 4.78 is 2.63. The Hall–Kier alpha value is -7.79. The zero-order valence-electron chi connectivity index (χ0n) is 32.8. The first-order valence-corrected chi connectivity index (χ1v) is 21.5. The minimum absolute atomic E-state index is 0.915. The molecule has 0 amide bonds. The molecule has 13 aromatic rings. The van der Waals surface area contributed by atoms with Crippen LogP contribution in [-0.2, 0) is 0 Å². The van der Waals surface area contributed by atoms with E-state index in [2.05, 4.69) is 194 Å². The third-order valence-corrected chi connectivity index (χ3v) is 13.6. The SMILES string of the molecule is c1ccc(-c2ccc3ccc4ccc(-c5ccc6c(ccc7ccc(-c8cccc(-c9nc%10ccccc%10c%10c9ccc9c%11ccccc%11sc9%10)c8)cc76)c5)nc4c3n2)cc1. The summed E-state index contributed by atoms with van der Waals surface area (Å²) >= 11 is 1.88. The van der Waals surface area contributed by atoms with Gasteiger partial charge in [-0.3, -0.25) is 0 Å². The highest BCUT2D eigenvalue weighted by atomic mass is 32.1. The van der Waals surface area contributed by atoms with Crippen molar-refractivity contribution in [2.45, 2.75) is 0 Å². The minimum Gasteiger partial charge on any atom is -0.247 e. The van der Waals surface area contributed by atoms with Gasteiger partial charge in [-0.05, 0) is 75.1 Å². The summed E-state index contributed by atoms with van der Waals surface area (Å²) in [7, 11) is 0. The Kier molecular flexibility index (Phi) is 7.47. The van der Waals surface area contributed by atoms with Crippen molar-refractivity contribution in [3.05, 3.63) is 200 Å². The Balaban J connectivity index is 0.908. The molecular formula is C57H33N3S. The molecule has 0 radical (unpaired) electrons. The van der Waals surface area contributed by atoms with Gasteiger partial charge in [0.25, 0.3) is 0 Å². The smallest absolute Gasteiger partial charge is 0.0972 e. The zero-order chi connectivity index (χ0) is 40.0. The summed E-state index contributed by atoms with van der Waals surface area (Å²) in [6.07, 6.45) is 0. The highest BCUT2D eigenvalue weighted by Crippen LogP contribution is 2.44. The predicted molar refractivity (Wildman–Crippen MR) is 259 cm³/mol. The van der Waals surface area contributed by atoms with E-state index in [0.717, 1.165) is 66.7 Å². The Labute approximate surface area is 354 Å². The molecule has 61 heavy (non-hydrogen) atoms. The average Bonchev–Trinajstić information content (AvgIpc) is 3.72. The third-order valence-electron chi connectivity index (χ3n) is 12.4. The number of rotatable bonds is 4. The summed E-state index contributed by atoms with van der Waals surface area (Å²) in [5, 5.41) is 13.3. The molecule has 4 heteroatoms. The van der Waals surface area contributed by atoms with E-state index >= 15 is 0 Å². The molecular weight excluding hydrogens is 759 g/mol. The maximum atomic E-state index is 5.34. The normalized spacial score (nSPS) is 11.9. The number of para-hydroxylation sites is 1. The van der Waals surface area contributed by atoms with Crippen molar-refractivity contribution >= 4 is 96.5 Å². The largest absolute Gasteiger partial charge is 0.247 e. The monoisotopic (exact) mass is 791 g/mol. The molecule has 0 bridgehead atoms. The molecule has 0 N–H and O–H groups in total. The fourth-order valence-electron chi connectivity index (χ4n) is 9.38. The van der Waals surface area contributed by atoms with E-state index in [9.17, 15) is 0 Å². The lowest BCUT2D eigenvalue weighted by Gasteiger charge is -2.13. The molecule has 0 atom stereocenters. The van der Waals surface area contributed by atoms with Gasteiger partial charge >= 0.3 is 0 Å². The number of pyridine rings is 3. The lowest BCUT2D eigenvalue weighted by atomic mass is 9.94. The van der Waals surface area contributed by atoms with E-state index in [-0.39, 0.29) is 0 Å². The first kappa shape index (κ1) is 34.1. The number of hydrogen-bond acceptors (Lipinski definition) is 4. The van der Waals surface area contributed by atoms with Crippen LogP contribution in [0.3, 0.4) is 0 Å². The summed E-state index contributed by atoms with van der Waals surface area (Å²) in [5.74, 6) is 0. The molecule has 0 aliphatic carbocycles. The van der Waals surface area contributed by atoms with Gasteiger partial charge in [0.05, 0.1) is 33.6 Å². The van der Waals surface area contributed by atoms with Gasteiger partial charge in [-0.15, -0.1) is 11.3 Å². The molecule has 13 rings (SSSR count). The second kappa shape index (κ2) is 13.4. The fraction of sp³-hybridized carbons (Fsp3) is 0. The topological polar surface area (TPSA) is 38.7 Å². The highest BCUT2D eigenvalue weighted by Gasteiger charge is 2.17. The van der Waals surface area contributed by atoms with E-state index in [1.54, 1.807) is 0 Å². The molecule has 0 saturated heterocycles. The zero-order valence-corrected chi connectivity index (χ0v) is 33.6. The second-order valence-corrected chi connectivity index (χ2v) is 17.0. The van der Waals surface area contributed by atoms with Gasteiger partial charge in [0.2, 0.25) is 0 Å². The van der Waals surface area contributed by atoms with Gasteiger partial charge < -0.3 is 0 Å². The Morgan fingerprint density at radius 3 is 1.77 bits per heavy atom. The van der Waals surface area contributed by atoms with E-state index in [4.69, 9.17) is 15.0 Å².